The summed E-state index contributed by atoms with van der Waals surface area (Å²) in [6.07, 6.45) is 4.09. The van der Waals surface area contributed by atoms with Gasteiger partial charge < -0.3 is 15.2 Å². The summed E-state index contributed by atoms with van der Waals surface area (Å²) in [6, 6.07) is 8.76. The molecule has 27 heavy (non-hydrogen) atoms. The number of hydrogen-bond donors (Lipinski definition) is 2. The van der Waals surface area contributed by atoms with Crippen molar-refractivity contribution in [2.45, 2.75) is 45.1 Å². The van der Waals surface area contributed by atoms with Crippen molar-refractivity contribution in [3.05, 3.63) is 41.7 Å². The smallest absolute Gasteiger partial charge is 0.308 e. The number of aromatic nitrogens is 2. The normalized spacial score (nSPS) is 19.9. The van der Waals surface area contributed by atoms with Crippen LogP contribution in [0.5, 0.6) is 5.75 Å². The number of nitrogens with one attached hydrogen (secondary N) is 1. The van der Waals surface area contributed by atoms with E-state index in [4.69, 9.17) is 4.74 Å². The lowest BCUT2D eigenvalue weighted by Gasteiger charge is -2.22. The number of rotatable bonds is 5. The molecule has 0 spiro atoms. The minimum Gasteiger partial charge on any atom is -0.497 e. The first kappa shape index (κ1) is 18.9. The van der Waals surface area contributed by atoms with Gasteiger partial charge in [0.25, 0.3) is 5.91 Å². The van der Waals surface area contributed by atoms with Crippen LogP contribution < -0.4 is 10.1 Å². The molecule has 2 aromatic rings. The average Bonchev–Trinajstić information content (AvgIpc) is 2.90. The van der Waals surface area contributed by atoms with Crippen LogP contribution in [0.25, 0.3) is 5.69 Å². The third-order valence-corrected chi connectivity index (χ3v) is 5.09. The van der Waals surface area contributed by atoms with E-state index in [9.17, 15) is 14.7 Å². The van der Waals surface area contributed by atoms with Crippen molar-refractivity contribution in [1.29, 1.82) is 0 Å². The number of nitrogens with zero attached hydrogens (tertiary/aromatic N) is 2. The lowest BCUT2D eigenvalue weighted by molar-refractivity contribution is -0.142. The predicted octanol–water partition coefficient (Wildman–Crippen LogP) is 2.95. The Kier molecular flexibility index (Phi) is 5.78. The summed E-state index contributed by atoms with van der Waals surface area (Å²) in [5.41, 5.74) is 1.93. The molecule has 1 aliphatic rings. The lowest BCUT2D eigenvalue weighted by Crippen LogP contribution is -2.43. The molecule has 7 heteroatoms. The van der Waals surface area contributed by atoms with Gasteiger partial charge >= 0.3 is 5.97 Å². The Labute approximate surface area is 158 Å². The summed E-state index contributed by atoms with van der Waals surface area (Å²) in [6.45, 7) is 1.87. The molecule has 1 aliphatic carbocycles. The minimum atomic E-state index is -0.845. The standard InChI is InChI=1S/C20H25N3O4/c1-13-12-18(22-23(13)14-8-10-15(27-2)11-9-14)19(24)21-17-7-5-3-4-6-16(17)20(25)26/h8-12,16-17H,3-7H2,1-2H3,(H,21,24)(H,25,26)/t16-,17+/m1/s1. The van der Waals surface area contributed by atoms with Gasteiger partial charge in [-0.1, -0.05) is 19.3 Å². The van der Waals surface area contributed by atoms with Gasteiger partial charge in [0, 0.05) is 11.7 Å². The van der Waals surface area contributed by atoms with Crippen LogP contribution in [0.15, 0.2) is 30.3 Å². The van der Waals surface area contributed by atoms with Gasteiger partial charge in [-0.3, -0.25) is 9.59 Å². The molecule has 1 fully saturated rings. The second-order valence-corrected chi connectivity index (χ2v) is 6.94. The van der Waals surface area contributed by atoms with Gasteiger partial charge in [-0.15, -0.1) is 0 Å². The van der Waals surface area contributed by atoms with E-state index >= 15 is 0 Å². The highest BCUT2D eigenvalue weighted by Gasteiger charge is 2.31. The van der Waals surface area contributed by atoms with Gasteiger partial charge in [-0.2, -0.15) is 5.10 Å². The Balaban J connectivity index is 1.77. The number of hydrogen-bond acceptors (Lipinski definition) is 4. The highest BCUT2D eigenvalue weighted by Crippen LogP contribution is 2.24. The Morgan fingerprint density at radius 2 is 1.89 bits per heavy atom. The highest BCUT2D eigenvalue weighted by atomic mass is 16.5. The molecule has 0 bridgehead atoms. The van der Waals surface area contributed by atoms with Crippen molar-refractivity contribution in [3.8, 4) is 11.4 Å². The number of carboxylic acid groups (broad SMARTS) is 1. The monoisotopic (exact) mass is 371 g/mol. The second kappa shape index (κ2) is 8.24. The van der Waals surface area contributed by atoms with Gasteiger partial charge in [0.05, 0.1) is 18.7 Å². The molecule has 1 amide bonds. The molecule has 0 unspecified atom stereocenters. The molecule has 1 aromatic carbocycles. The quantitative estimate of drug-likeness (QED) is 0.788. The Bertz CT molecular complexity index is 813. The van der Waals surface area contributed by atoms with Gasteiger partial charge in [-0.05, 0) is 50.1 Å². The number of ether oxygens (including phenoxy) is 1. The van der Waals surface area contributed by atoms with Crippen molar-refractivity contribution >= 4 is 11.9 Å². The van der Waals surface area contributed by atoms with Gasteiger partial charge in [0.2, 0.25) is 0 Å². The van der Waals surface area contributed by atoms with Crippen LogP contribution in [-0.4, -0.2) is 39.9 Å². The zero-order valence-electron chi connectivity index (χ0n) is 15.6. The van der Waals surface area contributed by atoms with Crippen molar-refractivity contribution in [1.82, 2.24) is 15.1 Å². The molecule has 0 saturated heterocycles. The van der Waals surface area contributed by atoms with Crippen LogP contribution in [0.4, 0.5) is 0 Å². The predicted molar refractivity (Wildman–Crippen MR) is 100 cm³/mol. The molecule has 2 atom stereocenters. The zero-order chi connectivity index (χ0) is 19.4. The summed E-state index contributed by atoms with van der Waals surface area (Å²) in [5.74, 6) is -0.971. The van der Waals surface area contributed by atoms with Crippen molar-refractivity contribution in [2.75, 3.05) is 7.11 Å². The Morgan fingerprint density at radius 3 is 2.56 bits per heavy atom. The van der Waals surface area contributed by atoms with E-state index in [1.807, 2.05) is 31.2 Å². The zero-order valence-corrected chi connectivity index (χ0v) is 15.6. The van der Waals surface area contributed by atoms with Crippen molar-refractivity contribution in [2.24, 2.45) is 5.92 Å². The Hall–Kier alpha value is -2.83. The summed E-state index contributed by atoms with van der Waals surface area (Å²) in [4.78, 5) is 24.2. The number of methoxy groups -OCH3 is 1. The molecular formula is C20H25N3O4. The molecule has 0 radical (unpaired) electrons. The molecule has 1 aromatic heterocycles. The minimum absolute atomic E-state index is 0.289. The number of carbonyl (C=O) groups is 2. The van der Waals surface area contributed by atoms with Gasteiger partial charge in [0.15, 0.2) is 5.69 Å². The maximum atomic E-state index is 12.7. The van der Waals surface area contributed by atoms with Crippen LogP contribution >= 0.6 is 0 Å². The van der Waals surface area contributed by atoms with Crippen molar-refractivity contribution < 1.29 is 19.4 Å². The molecular weight excluding hydrogens is 346 g/mol. The molecule has 3 rings (SSSR count). The fourth-order valence-electron chi connectivity index (χ4n) is 3.59. The number of carboxylic acids is 1. The largest absolute Gasteiger partial charge is 0.497 e. The van der Waals surface area contributed by atoms with Crippen LogP contribution in [0.2, 0.25) is 0 Å². The number of benzene rings is 1. The summed E-state index contributed by atoms with van der Waals surface area (Å²) >= 11 is 0. The maximum Gasteiger partial charge on any atom is 0.308 e. The fraction of sp³-hybridized carbons (Fsp3) is 0.450. The third kappa shape index (κ3) is 4.30. The van der Waals surface area contributed by atoms with Gasteiger partial charge in [-0.25, -0.2) is 4.68 Å². The van der Waals surface area contributed by atoms with Crippen LogP contribution in [0.3, 0.4) is 0 Å². The number of amides is 1. The average molecular weight is 371 g/mol. The first-order chi connectivity index (χ1) is 13.0. The molecule has 144 valence electrons. The van der Waals surface area contributed by atoms with E-state index in [-0.39, 0.29) is 17.6 Å². The van der Waals surface area contributed by atoms with Crippen LogP contribution in [0.1, 0.15) is 48.3 Å². The van der Waals surface area contributed by atoms with Crippen LogP contribution in [-0.2, 0) is 4.79 Å². The first-order valence-corrected chi connectivity index (χ1v) is 9.24. The van der Waals surface area contributed by atoms with E-state index in [0.717, 1.165) is 36.4 Å². The molecule has 0 aliphatic heterocycles. The summed E-state index contributed by atoms with van der Waals surface area (Å²) in [7, 11) is 1.61. The summed E-state index contributed by atoms with van der Waals surface area (Å²) < 4.78 is 6.85. The second-order valence-electron chi connectivity index (χ2n) is 6.94. The van der Waals surface area contributed by atoms with Crippen LogP contribution in [0, 0.1) is 12.8 Å². The van der Waals surface area contributed by atoms with E-state index in [2.05, 4.69) is 10.4 Å². The van der Waals surface area contributed by atoms with E-state index < -0.39 is 11.9 Å². The number of carbonyl (C=O) groups excluding carboxylic acids is 1. The number of aliphatic carboxylic acids is 1. The van der Waals surface area contributed by atoms with Crippen molar-refractivity contribution in [3.63, 3.8) is 0 Å². The topological polar surface area (TPSA) is 93.5 Å². The highest BCUT2D eigenvalue weighted by molar-refractivity contribution is 5.93. The third-order valence-electron chi connectivity index (χ3n) is 5.09. The fourth-order valence-corrected chi connectivity index (χ4v) is 3.59. The van der Waals surface area contributed by atoms with Gasteiger partial charge in [0.1, 0.15) is 5.75 Å². The molecule has 2 N–H and O–H groups in total. The number of aryl methyl sites for hydroxylation is 1. The maximum absolute atomic E-state index is 12.7. The molecule has 1 saturated carbocycles. The van der Waals surface area contributed by atoms with E-state index in [1.165, 1.54) is 0 Å². The van der Waals surface area contributed by atoms with E-state index in [1.54, 1.807) is 17.9 Å². The summed E-state index contributed by atoms with van der Waals surface area (Å²) in [5, 5.41) is 16.8. The SMILES string of the molecule is COc1ccc(-n2nc(C(=O)N[C@H]3CCCCC[C@H]3C(=O)O)cc2C)cc1. The molecule has 1 heterocycles. The first-order valence-electron chi connectivity index (χ1n) is 9.24. The molecule has 7 nitrogen and oxygen atoms in total. The Morgan fingerprint density at radius 1 is 1.19 bits per heavy atom. The van der Waals surface area contributed by atoms with E-state index in [0.29, 0.717) is 12.8 Å². The lowest BCUT2D eigenvalue weighted by atomic mass is 9.95.